The van der Waals surface area contributed by atoms with Gasteiger partial charge in [0.1, 0.15) is 0 Å². The van der Waals surface area contributed by atoms with Crippen molar-refractivity contribution in [3.63, 3.8) is 0 Å². The number of thiophene rings is 1. The Bertz CT molecular complexity index is 370. The molecule has 0 bridgehead atoms. The van der Waals surface area contributed by atoms with Crippen molar-refractivity contribution in [2.24, 2.45) is 0 Å². The van der Waals surface area contributed by atoms with Gasteiger partial charge in [0, 0.05) is 31.4 Å². The minimum atomic E-state index is 0.955. The van der Waals surface area contributed by atoms with Crippen molar-refractivity contribution >= 4 is 11.3 Å². The highest BCUT2D eigenvalue weighted by Gasteiger charge is 1.94. The molecule has 3 heteroatoms. The van der Waals surface area contributed by atoms with Gasteiger partial charge in [-0.2, -0.15) is 11.3 Å². The fraction of sp³-hybridized carbons (Fsp3) is 0.250. The molecule has 0 aliphatic heterocycles. The summed E-state index contributed by atoms with van der Waals surface area (Å²) < 4.78 is 0. The zero-order chi connectivity index (χ0) is 10.3. The average molecular weight is 218 g/mol. The first kappa shape index (κ1) is 10.3. The zero-order valence-corrected chi connectivity index (χ0v) is 9.33. The lowest BCUT2D eigenvalue weighted by Gasteiger charge is -2.02. The van der Waals surface area contributed by atoms with Crippen LogP contribution < -0.4 is 5.32 Å². The molecule has 2 nitrogen and oxygen atoms in total. The summed E-state index contributed by atoms with van der Waals surface area (Å²) in [5.41, 5.74) is 2.51. The third kappa shape index (κ3) is 3.46. The molecular formula is C12H14N2S. The molecule has 0 aliphatic carbocycles. The van der Waals surface area contributed by atoms with Crippen LogP contribution >= 0.6 is 11.3 Å². The van der Waals surface area contributed by atoms with Crippen LogP contribution in [0.4, 0.5) is 0 Å². The van der Waals surface area contributed by atoms with Crippen LogP contribution in [-0.4, -0.2) is 11.5 Å². The predicted octanol–water partition coefficient (Wildman–Crippen LogP) is 2.48. The first-order valence-corrected chi connectivity index (χ1v) is 6.01. The number of nitrogens with one attached hydrogen (secondary N) is 1. The Labute approximate surface area is 94.0 Å². The Morgan fingerprint density at radius 1 is 1.27 bits per heavy atom. The van der Waals surface area contributed by atoms with Gasteiger partial charge in [-0.3, -0.25) is 4.98 Å². The molecule has 0 aliphatic rings. The third-order valence-corrected chi connectivity index (χ3v) is 2.93. The molecule has 0 atom stereocenters. The van der Waals surface area contributed by atoms with E-state index in [-0.39, 0.29) is 0 Å². The number of aromatic nitrogens is 1. The van der Waals surface area contributed by atoms with Gasteiger partial charge in [-0.05, 0) is 34.5 Å². The molecule has 0 spiro atoms. The number of hydrogen-bond acceptors (Lipinski definition) is 3. The van der Waals surface area contributed by atoms with Crippen molar-refractivity contribution in [1.82, 2.24) is 10.3 Å². The van der Waals surface area contributed by atoms with Crippen molar-refractivity contribution in [1.29, 1.82) is 0 Å². The second-order valence-electron chi connectivity index (χ2n) is 3.38. The molecule has 0 saturated heterocycles. The highest BCUT2D eigenvalue weighted by molar-refractivity contribution is 7.07. The van der Waals surface area contributed by atoms with Gasteiger partial charge in [-0.25, -0.2) is 0 Å². The molecular weight excluding hydrogens is 204 g/mol. The van der Waals surface area contributed by atoms with Crippen LogP contribution in [0.2, 0.25) is 0 Å². The average Bonchev–Trinajstić information content (AvgIpc) is 2.79. The second-order valence-corrected chi connectivity index (χ2v) is 4.16. The van der Waals surface area contributed by atoms with E-state index in [1.54, 1.807) is 11.3 Å². The Morgan fingerprint density at radius 2 is 2.27 bits per heavy atom. The summed E-state index contributed by atoms with van der Waals surface area (Å²) in [6, 6.07) is 8.19. The van der Waals surface area contributed by atoms with Crippen molar-refractivity contribution in [3.8, 4) is 0 Å². The largest absolute Gasteiger partial charge is 0.312 e. The SMILES string of the molecule is c1ccc(CCNCc2ccsc2)nc1. The van der Waals surface area contributed by atoms with Gasteiger partial charge in [0.15, 0.2) is 0 Å². The van der Waals surface area contributed by atoms with Crippen LogP contribution in [0, 0.1) is 0 Å². The van der Waals surface area contributed by atoms with E-state index in [1.165, 1.54) is 5.56 Å². The molecule has 0 radical (unpaired) electrons. The molecule has 1 N–H and O–H groups in total. The Kier molecular flexibility index (Phi) is 3.88. The quantitative estimate of drug-likeness (QED) is 0.780. The highest BCUT2D eigenvalue weighted by Crippen LogP contribution is 2.04. The topological polar surface area (TPSA) is 24.9 Å². The van der Waals surface area contributed by atoms with Crippen LogP contribution in [0.1, 0.15) is 11.3 Å². The smallest absolute Gasteiger partial charge is 0.0416 e. The predicted molar refractivity (Wildman–Crippen MR) is 64.0 cm³/mol. The molecule has 2 aromatic heterocycles. The summed E-state index contributed by atoms with van der Waals surface area (Å²) in [4.78, 5) is 4.28. The summed E-state index contributed by atoms with van der Waals surface area (Å²) in [5.74, 6) is 0. The molecule has 0 fully saturated rings. The number of hydrogen-bond donors (Lipinski definition) is 1. The van der Waals surface area contributed by atoms with E-state index in [0.717, 1.165) is 25.2 Å². The van der Waals surface area contributed by atoms with E-state index in [9.17, 15) is 0 Å². The number of nitrogens with zero attached hydrogens (tertiary/aromatic N) is 1. The minimum Gasteiger partial charge on any atom is -0.312 e. The van der Waals surface area contributed by atoms with E-state index in [0.29, 0.717) is 0 Å². The lowest BCUT2D eigenvalue weighted by atomic mass is 10.2. The Balaban J connectivity index is 1.68. The van der Waals surface area contributed by atoms with Crippen LogP contribution in [0.25, 0.3) is 0 Å². The standard InChI is InChI=1S/C12H14N2S/c1-2-6-14-12(3-1)4-7-13-9-11-5-8-15-10-11/h1-3,5-6,8,10,13H,4,7,9H2. The van der Waals surface area contributed by atoms with Crippen molar-refractivity contribution in [2.45, 2.75) is 13.0 Å². The summed E-state index contributed by atoms with van der Waals surface area (Å²) in [5, 5.41) is 7.68. The van der Waals surface area contributed by atoms with Crippen molar-refractivity contribution in [2.75, 3.05) is 6.54 Å². The molecule has 2 aromatic rings. The molecule has 15 heavy (non-hydrogen) atoms. The Hall–Kier alpha value is -1.19. The molecule has 0 saturated carbocycles. The fourth-order valence-corrected chi connectivity index (χ4v) is 2.06. The normalized spacial score (nSPS) is 10.4. The zero-order valence-electron chi connectivity index (χ0n) is 8.52. The van der Waals surface area contributed by atoms with E-state index in [2.05, 4.69) is 33.2 Å². The van der Waals surface area contributed by atoms with Crippen molar-refractivity contribution in [3.05, 3.63) is 52.5 Å². The lowest BCUT2D eigenvalue weighted by molar-refractivity contribution is 0.681. The fourth-order valence-electron chi connectivity index (χ4n) is 1.39. The maximum atomic E-state index is 4.28. The van der Waals surface area contributed by atoms with Crippen molar-refractivity contribution < 1.29 is 0 Å². The summed E-state index contributed by atoms with van der Waals surface area (Å²) >= 11 is 1.74. The minimum absolute atomic E-state index is 0.955. The molecule has 0 unspecified atom stereocenters. The van der Waals surface area contributed by atoms with Gasteiger partial charge >= 0.3 is 0 Å². The van der Waals surface area contributed by atoms with Gasteiger partial charge in [0.05, 0.1) is 0 Å². The third-order valence-electron chi connectivity index (χ3n) is 2.19. The van der Waals surface area contributed by atoms with Gasteiger partial charge in [0.2, 0.25) is 0 Å². The van der Waals surface area contributed by atoms with Gasteiger partial charge in [0.25, 0.3) is 0 Å². The lowest BCUT2D eigenvalue weighted by Crippen LogP contribution is -2.16. The highest BCUT2D eigenvalue weighted by atomic mass is 32.1. The molecule has 2 heterocycles. The van der Waals surface area contributed by atoms with E-state index in [4.69, 9.17) is 0 Å². The molecule has 0 aromatic carbocycles. The van der Waals surface area contributed by atoms with E-state index >= 15 is 0 Å². The first-order chi connectivity index (χ1) is 7.45. The van der Waals surface area contributed by atoms with Crippen LogP contribution in [0.15, 0.2) is 41.2 Å². The summed E-state index contributed by atoms with van der Waals surface area (Å²) in [6.45, 7) is 1.93. The first-order valence-electron chi connectivity index (χ1n) is 5.07. The van der Waals surface area contributed by atoms with E-state index in [1.807, 2.05) is 18.3 Å². The van der Waals surface area contributed by atoms with Gasteiger partial charge < -0.3 is 5.32 Å². The monoisotopic (exact) mass is 218 g/mol. The van der Waals surface area contributed by atoms with Gasteiger partial charge in [-0.15, -0.1) is 0 Å². The van der Waals surface area contributed by atoms with Crippen LogP contribution in [-0.2, 0) is 13.0 Å². The maximum Gasteiger partial charge on any atom is 0.0416 e. The number of pyridine rings is 1. The molecule has 2 rings (SSSR count). The van der Waals surface area contributed by atoms with Crippen LogP contribution in [0.3, 0.4) is 0 Å². The van der Waals surface area contributed by atoms with E-state index < -0.39 is 0 Å². The maximum absolute atomic E-state index is 4.28. The summed E-state index contributed by atoms with van der Waals surface area (Å²) in [7, 11) is 0. The second kappa shape index (κ2) is 5.63. The Morgan fingerprint density at radius 3 is 3.00 bits per heavy atom. The molecule has 78 valence electrons. The summed E-state index contributed by atoms with van der Waals surface area (Å²) in [6.07, 6.45) is 2.83. The van der Waals surface area contributed by atoms with Gasteiger partial charge in [-0.1, -0.05) is 6.07 Å². The van der Waals surface area contributed by atoms with Crippen LogP contribution in [0.5, 0.6) is 0 Å². The number of rotatable bonds is 5. The molecule has 0 amide bonds.